The smallest absolute Gasteiger partial charge is 0.305 e. The lowest BCUT2D eigenvalue weighted by Crippen LogP contribution is -2.56. The Morgan fingerprint density at radius 1 is 0.730 bits per heavy atom. The fourth-order valence-corrected chi connectivity index (χ4v) is 5.61. The number of aromatic nitrogens is 2. The summed E-state index contributed by atoms with van der Waals surface area (Å²) in [6.45, 7) is 2.90. The number of pyridine rings is 2. The number of hydrogen-bond donors (Lipinski definition) is 0. The molecule has 4 heterocycles. The number of benzene rings is 2. The Morgan fingerprint density at radius 3 is 2.30 bits per heavy atom. The van der Waals surface area contributed by atoms with Gasteiger partial charge in [0.2, 0.25) is 0 Å². The molecule has 0 atom stereocenters. The van der Waals surface area contributed by atoms with Crippen LogP contribution in [0.25, 0.3) is 10.9 Å². The molecule has 7 nitrogen and oxygen atoms in total. The lowest BCUT2D eigenvalue weighted by atomic mass is 9.85. The molecule has 3 amide bonds. The van der Waals surface area contributed by atoms with E-state index in [1.807, 2.05) is 65.7 Å². The molecule has 0 N–H and O–H groups in total. The summed E-state index contributed by atoms with van der Waals surface area (Å²) < 4.78 is 0. The molecule has 2 aliphatic rings. The second-order valence-electron chi connectivity index (χ2n) is 9.90. The first-order valence-corrected chi connectivity index (χ1v) is 12.8. The molecule has 4 aromatic rings. The minimum Gasteiger partial charge on any atom is -0.305 e. The number of nitrogens with zero attached hydrogens (tertiary/aromatic N) is 5. The van der Waals surface area contributed by atoms with Crippen molar-refractivity contribution in [2.75, 3.05) is 13.1 Å². The summed E-state index contributed by atoms with van der Waals surface area (Å²) in [6, 6.07) is 25.7. The Labute approximate surface area is 216 Å². The zero-order valence-corrected chi connectivity index (χ0v) is 20.7. The SMILES string of the molecule is O=C1N(Cc2ccccn2)C(=O)C2(CCN(Cc3ccc4ncccc4c3)CC2)N1Cc1ccccc1. The van der Waals surface area contributed by atoms with Gasteiger partial charge in [-0.15, -0.1) is 0 Å². The normalized spacial score (nSPS) is 17.7. The van der Waals surface area contributed by atoms with Gasteiger partial charge in [0.1, 0.15) is 5.54 Å². The Bertz CT molecular complexity index is 1420. The molecule has 2 aliphatic heterocycles. The highest BCUT2D eigenvalue weighted by Gasteiger charge is 2.57. The minimum absolute atomic E-state index is 0.101. The summed E-state index contributed by atoms with van der Waals surface area (Å²) in [6.07, 6.45) is 4.72. The Kier molecular flexibility index (Phi) is 6.14. The largest absolute Gasteiger partial charge is 0.328 e. The van der Waals surface area contributed by atoms with Crippen molar-refractivity contribution in [3.63, 3.8) is 0 Å². The molecule has 186 valence electrons. The molecule has 0 saturated carbocycles. The molecule has 2 aromatic heterocycles. The zero-order chi connectivity index (χ0) is 25.2. The number of rotatable bonds is 6. The number of amides is 3. The molecule has 37 heavy (non-hydrogen) atoms. The molecule has 0 unspecified atom stereocenters. The van der Waals surface area contributed by atoms with Gasteiger partial charge in [-0.25, -0.2) is 4.79 Å². The molecule has 0 radical (unpaired) electrons. The number of fused-ring (bicyclic) bond motifs is 1. The van der Waals surface area contributed by atoms with Crippen molar-refractivity contribution >= 4 is 22.8 Å². The van der Waals surface area contributed by atoms with E-state index >= 15 is 0 Å². The second-order valence-corrected chi connectivity index (χ2v) is 9.90. The number of urea groups is 1. The standard InChI is InChI=1S/C30H29N5O2/c36-28-30(13-17-33(18-14-30)20-24-11-12-27-25(19-24)9-6-16-32-27)35(21-23-7-2-1-3-8-23)29(37)34(28)22-26-10-4-5-15-31-26/h1-12,15-16,19H,13-14,17-18,20-22H2. The van der Waals surface area contributed by atoms with Gasteiger partial charge in [-0.1, -0.05) is 48.5 Å². The second kappa shape index (κ2) is 9.75. The quantitative estimate of drug-likeness (QED) is 0.368. The highest BCUT2D eigenvalue weighted by Crippen LogP contribution is 2.39. The summed E-state index contributed by atoms with van der Waals surface area (Å²) in [5.74, 6) is -0.101. The van der Waals surface area contributed by atoms with Gasteiger partial charge in [-0.05, 0) is 54.3 Å². The molecule has 6 rings (SSSR count). The van der Waals surface area contributed by atoms with Crippen LogP contribution in [-0.4, -0.2) is 55.2 Å². The minimum atomic E-state index is -0.828. The molecule has 7 heteroatoms. The Balaban J connectivity index is 1.23. The molecule has 2 aromatic carbocycles. The zero-order valence-electron chi connectivity index (χ0n) is 20.7. The van der Waals surface area contributed by atoms with Gasteiger partial charge in [0.05, 0.1) is 17.8 Å². The van der Waals surface area contributed by atoms with Crippen molar-refractivity contribution in [2.45, 2.75) is 38.0 Å². The van der Waals surface area contributed by atoms with E-state index in [1.165, 1.54) is 10.5 Å². The molecule has 0 aliphatic carbocycles. The number of hydrogen-bond acceptors (Lipinski definition) is 5. The van der Waals surface area contributed by atoms with E-state index in [0.29, 0.717) is 25.1 Å². The number of carbonyl (C=O) groups excluding carboxylic acids is 2. The van der Waals surface area contributed by atoms with Crippen LogP contribution in [0.15, 0.2) is 91.3 Å². The fraction of sp³-hybridized carbons (Fsp3) is 0.267. The van der Waals surface area contributed by atoms with Crippen LogP contribution in [-0.2, 0) is 24.4 Å². The van der Waals surface area contributed by atoms with Crippen LogP contribution in [0.4, 0.5) is 4.79 Å². The maximum atomic E-state index is 13.9. The monoisotopic (exact) mass is 491 g/mol. The van der Waals surface area contributed by atoms with Crippen LogP contribution >= 0.6 is 0 Å². The van der Waals surface area contributed by atoms with Gasteiger partial charge >= 0.3 is 6.03 Å². The average molecular weight is 492 g/mol. The van der Waals surface area contributed by atoms with E-state index < -0.39 is 5.54 Å². The van der Waals surface area contributed by atoms with Crippen LogP contribution in [0.2, 0.25) is 0 Å². The van der Waals surface area contributed by atoms with Gasteiger partial charge in [0.25, 0.3) is 5.91 Å². The highest BCUT2D eigenvalue weighted by atomic mass is 16.2. The Hall–Kier alpha value is -4.10. The molecule has 1 spiro atoms. The van der Waals surface area contributed by atoms with E-state index in [1.54, 1.807) is 6.20 Å². The van der Waals surface area contributed by atoms with Gasteiger partial charge in [0.15, 0.2) is 0 Å². The predicted octanol–water partition coefficient (Wildman–Crippen LogP) is 4.63. The van der Waals surface area contributed by atoms with Gasteiger partial charge in [-0.2, -0.15) is 0 Å². The van der Waals surface area contributed by atoms with Crippen molar-refractivity contribution in [3.8, 4) is 0 Å². The molecular formula is C30H29N5O2. The van der Waals surface area contributed by atoms with Crippen LogP contribution < -0.4 is 0 Å². The van der Waals surface area contributed by atoms with Crippen molar-refractivity contribution < 1.29 is 9.59 Å². The van der Waals surface area contributed by atoms with Crippen molar-refractivity contribution in [2.24, 2.45) is 0 Å². The maximum Gasteiger partial charge on any atom is 0.328 e. The third-order valence-corrected chi connectivity index (χ3v) is 7.61. The van der Waals surface area contributed by atoms with Crippen LogP contribution in [0, 0.1) is 0 Å². The molecular weight excluding hydrogens is 462 g/mol. The summed E-state index contributed by atoms with van der Waals surface area (Å²) in [5.41, 5.74) is 3.12. The molecule has 0 bridgehead atoms. The van der Waals surface area contributed by atoms with Gasteiger partial charge in [-0.3, -0.25) is 24.6 Å². The van der Waals surface area contributed by atoms with Crippen LogP contribution in [0.3, 0.4) is 0 Å². The van der Waals surface area contributed by atoms with Gasteiger partial charge in [0, 0.05) is 44.0 Å². The Morgan fingerprint density at radius 2 is 1.51 bits per heavy atom. The lowest BCUT2D eigenvalue weighted by Gasteiger charge is -2.42. The van der Waals surface area contributed by atoms with E-state index in [2.05, 4.69) is 39.1 Å². The fourth-order valence-electron chi connectivity index (χ4n) is 5.61. The van der Waals surface area contributed by atoms with Crippen LogP contribution in [0.5, 0.6) is 0 Å². The maximum absolute atomic E-state index is 13.9. The predicted molar refractivity (Wildman–Crippen MR) is 141 cm³/mol. The lowest BCUT2D eigenvalue weighted by molar-refractivity contribution is -0.136. The summed E-state index contributed by atoms with van der Waals surface area (Å²) in [5, 5.41) is 1.13. The van der Waals surface area contributed by atoms with Gasteiger partial charge < -0.3 is 4.90 Å². The average Bonchev–Trinajstić information content (AvgIpc) is 3.12. The summed E-state index contributed by atoms with van der Waals surface area (Å²) in [4.78, 5) is 42.0. The number of carbonyl (C=O) groups is 2. The third-order valence-electron chi connectivity index (χ3n) is 7.61. The first-order valence-electron chi connectivity index (χ1n) is 12.8. The first-order chi connectivity index (χ1) is 18.1. The van der Waals surface area contributed by atoms with E-state index in [4.69, 9.17) is 0 Å². The number of imide groups is 1. The van der Waals surface area contributed by atoms with Crippen molar-refractivity contribution in [1.29, 1.82) is 0 Å². The molecule has 2 saturated heterocycles. The van der Waals surface area contributed by atoms with E-state index in [0.717, 1.165) is 36.1 Å². The number of piperidine rings is 1. The van der Waals surface area contributed by atoms with E-state index in [9.17, 15) is 9.59 Å². The summed E-state index contributed by atoms with van der Waals surface area (Å²) >= 11 is 0. The van der Waals surface area contributed by atoms with Crippen LogP contribution in [0.1, 0.15) is 29.7 Å². The third kappa shape index (κ3) is 4.47. The van der Waals surface area contributed by atoms with E-state index in [-0.39, 0.29) is 18.5 Å². The molecule has 2 fully saturated rings. The summed E-state index contributed by atoms with van der Waals surface area (Å²) in [7, 11) is 0. The topological polar surface area (TPSA) is 69.6 Å². The first kappa shape index (κ1) is 23.3. The van der Waals surface area contributed by atoms with Crippen molar-refractivity contribution in [1.82, 2.24) is 24.7 Å². The number of likely N-dealkylation sites (tertiary alicyclic amines) is 1. The highest BCUT2D eigenvalue weighted by molar-refractivity contribution is 6.07. The van der Waals surface area contributed by atoms with Crippen molar-refractivity contribution in [3.05, 3.63) is 108 Å².